The lowest BCUT2D eigenvalue weighted by Crippen LogP contribution is -2.47. The van der Waals surface area contributed by atoms with Crippen molar-refractivity contribution in [2.75, 3.05) is 6.61 Å². The Bertz CT molecular complexity index is 996. The number of carbonyl (C=O) groups excluding carboxylic acids is 2. The van der Waals surface area contributed by atoms with Crippen LogP contribution in [-0.4, -0.2) is 28.6 Å². The Morgan fingerprint density at radius 3 is 2.44 bits per heavy atom. The largest absolute Gasteiger partial charge is 0.508 e. The summed E-state index contributed by atoms with van der Waals surface area (Å²) in [6, 6.07) is 15.3. The average Bonchev–Trinajstić information content (AvgIpc) is 2.87. The molecule has 1 unspecified atom stereocenters. The number of hydrogen-bond donors (Lipinski definition) is 2. The van der Waals surface area contributed by atoms with Crippen molar-refractivity contribution < 1.29 is 19.4 Å². The van der Waals surface area contributed by atoms with E-state index in [0.29, 0.717) is 35.9 Å². The number of hydrogen-bond acceptors (Lipinski definition) is 4. The monoisotopic (exact) mass is 464 g/mol. The summed E-state index contributed by atoms with van der Waals surface area (Å²) in [5.41, 5.74) is 2.58. The van der Waals surface area contributed by atoms with E-state index in [0.717, 1.165) is 18.4 Å². The number of aromatic hydroxyl groups is 1. The van der Waals surface area contributed by atoms with E-state index in [4.69, 9.17) is 4.74 Å². The number of allylic oxidation sites excluding steroid dienone is 1. The molecule has 0 saturated heterocycles. The fourth-order valence-electron chi connectivity index (χ4n) is 4.58. The Balaban J connectivity index is 0.00000158. The maximum absolute atomic E-state index is 13.3. The zero-order valence-corrected chi connectivity index (χ0v) is 20.4. The second kappa shape index (κ2) is 12.3. The van der Waals surface area contributed by atoms with E-state index in [1.165, 1.54) is 19.3 Å². The molecule has 0 spiro atoms. The van der Waals surface area contributed by atoms with Gasteiger partial charge in [0.1, 0.15) is 5.75 Å². The van der Waals surface area contributed by atoms with Gasteiger partial charge in [-0.25, -0.2) is 9.59 Å². The van der Waals surface area contributed by atoms with Gasteiger partial charge in [-0.15, -0.1) is 0 Å². The molecular weight excluding hydrogens is 428 g/mol. The van der Waals surface area contributed by atoms with Crippen LogP contribution in [-0.2, 0) is 16.1 Å². The number of urea groups is 1. The molecule has 2 aliphatic rings. The highest BCUT2D eigenvalue weighted by Crippen LogP contribution is 2.34. The van der Waals surface area contributed by atoms with Crippen molar-refractivity contribution in [3.8, 4) is 5.75 Å². The standard InChI is InChI=1S/C26H30N2O4.C2H6/c1-18-23(25(30)32-17-20-11-6-3-7-12-20)24(21-13-8-14-22(29)15-21)27-26(31)28(18)16-19-9-4-2-5-10-19;1-2/h2,4-5,8-10,13-15,20,24,29H,3,6-7,11-12,16-17H2,1H3,(H,27,31);1-2H3. The molecule has 2 amide bonds. The SMILES string of the molecule is CC.CC1=C(C(=O)OCC2CCCCC2)C(c2cccc(O)c2)NC(=O)N1Cc1ccccc1. The lowest BCUT2D eigenvalue weighted by Gasteiger charge is -2.35. The Morgan fingerprint density at radius 1 is 1.06 bits per heavy atom. The van der Waals surface area contributed by atoms with E-state index in [2.05, 4.69) is 5.32 Å². The molecule has 2 N–H and O–H groups in total. The number of nitrogens with one attached hydrogen (secondary N) is 1. The maximum atomic E-state index is 13.3. The molecule has 1 aliphatic carbocycles. The van der Waals surface area contributed by atoms with E-state index in [-0.39, 0.29) is 11.8 Å². The van der Waals surface area contributed by atoms with Crippen LogP contribution in [0.5, 0.6) is 5.75 Å². The molecule has 0 bridgehead atoms. The Hall–Kier alpha value is -3.28. The molecule has 2 aromatic carbocycles. The van der Waals surface area contributed by atoms with Crippen LogP contribution < -0.4 is 5.32 Å². The first kappa shape index (κ1) is 25.3. The van der Waals surface area contributed by atoms with Crippen LogP contribution >= 0.6 is 0 Å². The zero-order chi connectivity index (χ0) is 24.5. The van der Waals surface area contributed by atoms with Crippen LogP contribution in [0.25, 0.3) is 0 Å². The summed E-state index contributed by atoms with van der Waals surface area (Å²) >= 11 is 0. The van der Waals surface area contributed by atoms with Gasteiger partial charge in [-0.1, -0.05) is 75.6 Å². The van der Waals surface area contributed by atoms with Gasteiger partial charge in [0.05, 0.1) is 24.8 Å². The number of esters is 1. The molecule has 1 saturated carbocycles. The van der Waals surface area contributed by atoms with Crippen molar-refractivity contribution in [1.82, 2.24) is 10.2 Å². The number of phenols is 1. The minimum atomic E-state index is -0.680. The summed E-state index contributed by atoms with van der Waals surface area (Å²) in [6.07, 6.45) is 5.76. The number of nitrogens with zero attached hydrogens (tertiary/aromatic N) is 1. The van der Waals surface area contributed by atoms with Gasteiger partial charge in [0, 0.05) is 5.70 Å². The molecule has 2 aromatic rings. The Morgan fingerprint density at radius 2 is 1.76 bits per heavy atom. The number of carbonyl (C=O) groups is 2. The zero-order valence-electron chi connectivity index (χ0n) is 20.4. The molecule has 182 valence electrons. The number of rotatable bonds is 6. The van der Waals surface area contributed by atoms with Crippen LogP contribution in [0.2, 0.25) is 0 Å². The predicted molar refractivity (Wildman–Crippen MR) is 133 cm³/mol. The molecular formula is C28H36N2O4. The second-order valence-electron chi connectivity index (χ2n) is 8.65. The number of amides is 2. The fourth-order valence-corrected chi connectivity index (χ4v) is 4.58. The van der Waals surface area contributed by atoms with E-state index < -0.39 is 12.0 Å². The van der Waals surface area contributed by atoms with Gasteiger partial charge in [-0.05, 0) is 48.9 Å². The first-order valence-corrected chi connectivity index (χ1v) is 12.3. The van der Waals surface area contributed by atoms with Gasteiger partial charge in [0.25, 0.3) is 0 Å². The molecule has 4 rings (SSSR count). The highest BCUT2D eigenvalue weighted by atomic mass is 16.5. The molecule has 34 heavy (non-hydrogen) atoms. The smallest absolute Gasteiger partial charge is 0.338 e. The fraction of sp³-hybridized carbons (Fsp3) is 0.429. The highest BCUT2D eigenvalue weighted by Gasteiger charge is 2.37. The van der Waals surface area contributed by atoms with Gasteiger partial charge >= 0.3 is 12.0 Å². The Labute approximate surface area is 202 Å². The summed E-state index contributed by atoms with van der Waals surface area (Å²) < 4.78 is 5.77. The normalized spacial score (nSPS) is 18.6. The van der Waals surface area contributed by atoms with Gasteiger partial charge in [-0.3, -0.25) is 4.90 Å². The minimum Gasteiger partial charge on any atom is -0.508 e. The molecule has 0 aromatic heterocycles. The molecule has 1 fully saturated rings. The maximum Gasteiger partial charge on any atom is 0.338 e. The summed E-state index contributed by atoms with van der Waals surface area (Å²) in [6.45, 7) is 6.54. The van der Waals surface area contributed by atoms with Crippen LogP contribution in [0.4, 0.5) is 4.79 Å². The van der Waals surface area contributed by atoms with Crippen molar-refractivity contribution in [3.05, 3.63) is 77.0 Å². The van der Waals surface area contributed by atoms with Crippen molar-refractivity contribution >= 4 is 12.0 Å². The Kier molecular flexibility index (Phi) is 9.14. The van der Waals surface area contributed by atoms with Gasteiger partial charge in [0.15, 0.2) is 0 Å². The average molecular weight is 465 g/mol. The summed E-state index contributed by atoms with van der Waals surface area (Å²) in [5, 5.41) is 12.9. The van der Waals surface area contributed by atoms with E-state index in [9.17, 15) is 14.7 Å². The lowest BCUT2D eigenvalue weighted by atomic mass is 9.90. The molecule has 1 aliphatic heterocycles. The third-order valence-electron chi connectivity index (χ3n) is 6.38. The van der Waals surface area contributed by atoms with E-state index in [1.54, 1.807) is 36.1 Å². The quantitative estimate of drug-likeness (QED) is 0.508. The number of phenolic OH excluding ortho intramolecular Hbond substituents is 1. The van der Waals surface area contributed by atoms with Crippen molar-refractivity contribution in [1.29, 1.82) is 0 Å². The molecule has 6 nitrogen and oxygen atoms in total. The van der Waals surface area contributed by atoms with Crippen molar-refractivity contribution in [3.63, 3.8) is 0 Å². The van der Waals surface area contributed by atoms with Crippen LogP contribution in [0.15, 0.2) is 65.9 Å². The predicted octanol–water partition coefficient (Wildman–Crippen LogP) is 6.08. The number of benzene rings is 2. The van der Waals surface area contributed by atoms with Crippen LogP contribution in [0, 0.1) is 5.92 Å². The van der Waals surface area contributed by atoms with E-state index in [1.807, 2.05) is 44.2 Å². The number of ether oxygens (including phenoxy) is 1. The van der Waals surface area contributed by atoms with Crippen molar-refractivity contribution in [2.45, 2.75) is 65.5 Å². The second-order valence-corrected chi connectivity index (χ2v) is 8.65. The van der Waals surface area contributed by atoms with Crippen LogP contribution in [0.1, 0.15) is 70.0 Å². The third-order valence-corrected chi connectivity index (χ3v) is 6.38. The molecule has 6 heteroatoms. The molecule has 0 radical (unpaired) electrons. The summed E-state index contributed by atoms with van der Waals surface area (Å²) in [7, 11) is 0. The first-order chi connectivity index (χ1) is 16.5. The van der Waals surface area contributed by atoms with Gasteiger partial charge < -0.3 is 15.2 Å². The van der Waals surface area contributed by atoms with Gasteiger partial charge in [0.2, 0.25) is 0 Å². The third kappa shape index (κ3) is 6.19. The van der Waals surface area contributed by atoms with E-state index >= 15 is 0 Å². The lowest BCUT2D eigenvalue weighted by molar-refractivity contribution is -0.141. The first-order valence-electron chi connectivity index (χ1n) is 12.3. The van der Waals surface area contributed by atoms with Crippen molar-refractivity contribution in [2.24, 2.45) is 5.92 Å². The molecule has 1 heterocycles. The minimum absolute atomic E-state index is 0.0797. The topological polar surface area (TPSA) is 78.9 Å². The summed E-state index contributed by atoms with van der Waals surface area (Å²) in [5.74, 6) is 0.0574. The van der Waals surface area contributed by atoms with Crippen LogP contribution in [0.3, 0.4) is 0 Å². The van der Waals surface area contributed by atoms with Gasteiger partial charge in [-0.2, -0.15) is 0 Å². The molecule has 1 atom stereocenters. The summed E-state index contributed by atoms with van der Waals surface area (Å²) in [4.78, 5) is 27.9. The highest BCUT2D eigenvalue weighted by molar-refractivity contribution is 5.95.